The van der Waals surface area contributed by atoms with Crippen molar-refractivity contribution in [2.45, 2.75) is 23.6 Å². The van der Waals surface area contributed by atoms with Gasteiger partial charge in [-0.05, 0) is 22.4 Å². The molecule has 1 N–H and O–H groups in total. The first kappa shape index (κ1) is 13.9. The van der Waals surface area contributed by atoms with Gasteiger partial charge in [0.25, 0.3) is 5.69 Å². The van der Waals surface area contributed by atoms with Gasteiger partial charge >= 0.3 is 5.97 Å². The lowest BCUT2D eigenvalue weighted by Gasteiger charge is -2.09. The molecular weight excluding hydrogens is 312 g/mol. The van der Waals surface area contributed by atoms with Crippen molar-refractivity contribution in [3.63, 3.8) is 0 Å². The summed E-state index contributed by atoms with van der Waals surface area (Å²) >= 11 is 4.21. The second-order valence-corrected chi connectivity index (χ2v) is 5.14. The Kier molecular flexibility index (Phi) is 4.88. The lowest BCUT2D eigenvalue weighted by Crippen LogP contribution is -2.15. The van der Waals surface area contributed by atoms with Gasteiger partial charge in [0.05, 0.1) is 9.40 Å². The normalized spacial score (nSPS) is 12.1. The summed E-state index contributed by atoms with van der Waals surface area (Å²) in [5, 5.41) is 19.2. The molecule has 1 unspecified atom stereocenters. The average molecular weight is 321 g/mol. The summed E-state index contributed by atoms with van der Waals surface area (Å²) in [5.74, 6) is -0.926. The van der Waals surface area contributed by atoms with E-state index in [0.29, 0.717) is 15.9 Å². The number of nitrogens with zero attached hydrogens (tertiary/aromatic N) is 2. The van der Waals surface area contributed by atoms with Crippen LogP contribution in [0.25, 0.3) is 0 Å². The highest BCUT2D eigenvalue weighted by Crippen LogP contribution is 2.32. The summed E-state index contributed by atoms with van der Waals surface area (Å²) in [6.45, 7) is 1.76. The molecule has 92 valence electrons. The quantitative estimate of drug-likeness (QED) is 0.509. The maximum atomic E-state index is 10.8. The predicted molar refractivity (Wildman–Crippen MR) is 66.2 cm³/mol. The summed E-state index contributed by atoms with van der Waals surface area (Å²) in [5.41, 5.74) is -0.135. The molecule has 0 spiro atoms. The maximum absolute atomic E-state index is 10.8. The topological polar surface area (TPSA) is 93.3 Å². The van der Waals surface area contributed by atoms with E-state index in [1.54, 1.807) is 6.92 Å². The fraction of sp³-hybridized carbons (Fsp3) is 0.333. The van der Waals surface area contributed by atoms with Crippen molar-refractivity contribution in [3.8, 4) is 0 Å². The zero-order chi connectivity index (χ0) is 13.0. The van der Waals surface area contributed by atoms with Crippen LogP contribution in [-0.2, 0) is 4.79 Å². The van der Waals surface area contributed by atoms with Crippen LogP contribution in [0.5, 0.6) is 0 Å². The average Bonchev–Trinajstić information content (AvgIpc) is 2.26. The number of hydrogen-bond donors (Lipinski definition) is 1. The van der Waals surface area contributed by atoms with Crippen LogP contribution in [0, 0.1) is 10.1 Å². The van der Waals surface area contributed by atoms with Gasteiger partial charge in [0.1, 0.15) is 16.5 Å². The molecule has 1 rings (SSSR count). The number of carboxylic acid groups (broad SMARTS) is 1. The molecule has 0 aliphatic rings. The van der Waals surface area contributed by atoms with E-state index in [9.17, 15) is 14.9 Å². The maximum Gasteiger partial charge on any atom is 0.317 e. The molecule has 0 saturated carbocycles. The summed E-state index contributed by atoms with van der Waals surface area (Å²) in [7, 11) is 0. The Labute approximate surface area is 110 Å². The number of aliphatic carboxylic acids is 1. The van der Waals surface area contributed by atoms with Gasteiger partial charge in [-0.2, -0.15) is 0 Å². The first-order valence-corrected chi connectivity index (χ1v) is 6.32. The van der Waals surface area contributed by atoms with E-state index < -0.39 is 16.1 Å². The zero-order valence-corrected chi connectivity index (χ0v) is 11.2. The number of pyridine rings is 1. The molecule has 1 heterocycles. The van der Waals surface area contributed by atoms with E-state index in [1.165, 1.54) is 6.07 Å². The van der Waals surface area contributed by atoms with Crippen molar-refractivity contribution in [3.05, 3.63) is 26.9 Å². The molecule has 0 aromatic carbocycles. The Hall–Kier alpha value is -1.15. The van der Waals surface area contributed by atoms with Crippen molar-refractivity contribution in [2.24, 2.45) is 0 Å². The molecule has 8 heteroatoms. The Balaban J connectivity index is 2.93. The van der Waals surface area contributed by atoms with Gasteiger partial charge < -0.3 is 5.11 Å². The summed E-state index contributed by atoms with van der Waals surface area (Å²) in [6, 6.07) is 1.31. The molecule has 0 radical (unpaired) electrons. The second-order valence-electron chi connectivity index (χ2n) is 3.09. The van der Waals surface area contributed by atoms with Crippen LogP contribution < -0.4 is 0 Å². The molecule has 1 aromatic heterocycles. The largest absolute Gasteiger partial charge is 0.480 e. The SMILES string of the molecule is CCC(Sc1ncc([N+](=O)[O-])cc1Br)C(=O)O. The molecule has 0 saturated heterocycles. The smallest absolute Gasteiger partial charge is 0.317 e. The first-order chi connectivity index (χ1) is 7.95. The minimum Gasteiger partial charge on any atom is -0.480 e. The number of carboxylic acids is 1. The number of halogens is 1. The minimum absolute atomic E-state index is 0.135. The predicted octanol–water partition coefficient (Wildman–Crippen LogP) is 2.71. The Morgan fingerprint density at radius 3 is 2.82 bits per heavy atom. The van der Waals surface area contributed by atoms with Crippen LogP contribution >= 0.6 is 27.7 Å². The number of carbonyl (C=O) groups is 1. The van der Waals surface area contributed by atoms with Crippen molar-refractivity contribution >= 4 is 39.3 Å². The number of aromatic nitrogens is 1. The van der Waals surface area contributed by atoms with Gasteiger partial charge in [-0.1, -0.05) is 18.7 Å². The summed E-state index contributed by atoms with van der Waals surface area (Å²) in [6.07, 6.45) is 1.56. The third kappa shape index (κ3) is 3.67. The molecular formula is C9H9BrN2O4S. The molecule has 17 heavy (non-hydrogen) atoms. The molecule has 0 fully saturated rings. The van der Waals surface area contributed by atoms with Crippen molar-refractivity contribution in [2.75, 3.05) is 0 Å². The van der Waals surface area contributed by atoms with Gasteiger partial charge in [-0.25, -0.2) is 4.98 Å². The van der Waals surface area contributed by atoms with Crippen molar-refractivity contribution in [1.29, 1.82) is 0 Å². The molecule has 0 aliphatic carbocycles. The molecule has 6 nitrogen and oxygen atoms in total. The summed E-state index contributed by atoms with van der Waals surface area (Å²) < 4.78 is 0.427. The van der Waals surface area contributed by atoms with Crippen LogP contribution in [-0.4, -0.2) is 26.2 Å². The number of hydrogen-bond acceptors (Lipinski definition) is 5. The van der Waals surface area contributed by atoms with E-state index in [0.717, 1.165) is 18.0 Å². The minimum atomic E-state index is -0.926. The highest BCUT2D eigenvalue weighted by molar-refractivity contribution is 9.10. The summed E-state index contributed by atoms with van der Waals surface area (Å²) in [4.78, 5) is 24.7. The lowest BCUT2D eigenvalue weighted by atomic mass is 10.3. The van der Waals surface area contributed by atoms with Crippen LogP contribution in [0.15, 0.2) is 21.8 Å². The molecule has 0 aliphatic heterocycles. The Bertz CT molecular complexity index is 455. The number of thioether (sulfide) groups is 1. The van der Waals surface area contributed by atoms with Gasteiger partial charge in [-0.3, -0.25) is 14.9 Å². The van der Waals surface area contributed by atoms with Gasteiger partial charge in [0.15, 0.2) is 0 Å². The van der Waals surface area contributed by atoms with E-state index in [-0.39, 0.29) is 5.69 Å². The highest BCUT2D eigenvalue weighted by Gasteiger charge is 2.20. The van der Waals surface area contributed by atoms with Crippen LogP contribution in [0.4, 0.5) is 5.69 Å². The highest BCUT2D eigenvalue weighted by atomic mass is 79.9. The van der Waals surface area contributed by atoms with E-state index in [2.05, 4.69) is 20.9 Å². The lowest BCUT2D eigenvalue weighted by molar-refractivity contribution is -0.385. The van der Waals surface area contributed by atoms with Crippen LogP contribution in [0.2, 0.25) is 0 Å². The van der Waals surface area contributed by atoms with E-state index in [4.69, 9.17) is 5.11 Å². The van der Waals surface area contributed by atoms with Crippen molar-refractivity contribution < 1.29 is 14.8 Å². The first-order valence-electron chi connectivity index (χ1n) is 4.65. The number of rotatable bonds is 5. The Morgan fingerprint density at radius 2 is 2.41 bits per heavy atom. The second kappa shape index (κ2) is 5.97. The Morgan fingerprint density at radius 1 is 1.76 bits per heavy atom. The van der Waals surface area contributed by atoms with Crippen molar-refractivity contribution in [1.82, 2.24) is 4.98 Å². The van der Waals surface area contributed by atoms with E-state index >= 15 is 0 Å². The molecule has 0 amide bonds. The monoisotopic (exact) mass is 320 g/mol. The molecule has 0 bridgehead atoms. The standard InChI is InChI=1S/C9H9BrN2O4S/c1-2-7(9(13)14)17-8-6(10)3-5(4-11-8)12(15)16/h3-4,7H,2H2,1H3,(H,13,14). The molecule has 1 aromatic rings. The third-order valence-corrected chi connectivity index (χ3v) is 4.14. The fourth-order valence-electron chi connectivity index (χ4n) is 1.04. The van der Waals surface area contributed by atoms with Gasteiger partial charge in [0.2, 0.25) is 0 Å². The third-order valence-electron chi connectivity index (χ3n) is 1.90. The molecule has 1 atom stereocenters. The van der Waals surface area contributed by atoms with Crippen LogP contribution in [0.3, 0.4) is 0 Å². The number of nitro groups is 1. The zero-order valence-electron chi connectivity index (χ0n) is 8.79. The fourth-order valence-corrected chi connectivity index (χ4v) is 2.48. The van der Waals surface area contributed by atoms with Gasteiger partial charge in [0, 0.05) is 6.07 Å². The van der Waals surface area contributed by atoms with E-state index in [1.807, 2.05) is 0 Å². The van der Waals surface area contributed by atoms with Crippen LogP contribution in [0.1, 0.15) is 13.3 Å². The van der Waals surface area contributed by atoms with Gasteiger partial charge in [-0.15, -0.1) is 0 Å².